The quantitative estimate of drug-likeness (QED) is 0.329. The minimum Gasteiger partial charge on any atom is -0.457 e. The van der Waals surface area contributed by atoms with Crippen LogP contribution in [0.3, 0.4) is 0 Å². The summed E-state index contributed by atoms with van der Waals surface area (Å²) in [6.07, 6.45) is 0. The van der Waals surface area contributed by atoms with E-state index in [4.69, 9.17) is 4.74 Å². The number of fused-ring (bicyclic) bond motifs is 1. The summed E-state index contributed by atoms with van der Waals surface area (Å²) in [5.74, 6) is -1.35. The maximum atomic E-state index is 13.2. The van der Waals surface area contributed by atoms with Crippen LogP contribution in [0.4, 0.5) is 5.69 Å². The van der Waals surface area contributed by atoms with Gasteiger partial charge in [-0.25, -0.2) is 9.69 Å². The lowest BCUT2D eigenvalue weighted by Gasteiger charge is -2.22. The number of carbonyl (C=O) groups is 3. The normalized spacial score (nSPS) is 13.3. The molecule has 0 aromatic heterocycles. The molecule has 5 nitrogen and oxygen atoms in total. The number of hydrogen-bond acceptors (Lipinski definition) is 4. The monoisotopic (exact) mass is 469 g/mol. The number of esters is 1. The lowest BCUT2D eigenvalue weighted by Crippen LogP contribution is -2.30. The van der Waals surface area contributed by atoms with Gasteiger partial charge in [0.2, 0.25) is 0 Å². The molecule has 0 spiro atoms. The van der Waals surface area contributed by atoms with Gasteiger partial charge in [0, 0.05) is 0 Å². The summed E-state index contributed by atoms with van der Waals surface area (Å²) in [5, 5.41) is 0. The Kier molecular flexibility index (Phi) is 6.14. The van der Waals surface area contributed by atoms with Gasteiger partial charge >= 0.3 is 5.97 Å². The summed E-state index contributed by atoms with van der Waals surface area (Å²) in [6.45, 7) is 14.5. The molecule has 1 aliphatic heterocycles. The van der Waals surface area contributed by atoms with Gasteiger partial charge in [0.25, 0.3) is 11.8 Å². The molecule has 35 heavy (non-hydrogen) atoms. The van der Waals surface area contributed by atoms with E-state index in [0.29, 0.717) is 5.69 Å². The van der Waals surface area contributed by atoms with Crippen LogP contribution in [-0.2, 0) is 16.8 Å². The van der Waals surface area contributed by atoms with E-state index in [9.17, 15) is 14.4 Å². The van der Waals surface area contributed by atoms with Crippen LogP contribution in [0, 0.1) is 27.7 Å². The van der Waals surface area contributed by atoms with E-state index in [1.165, 1.54) is 22.6 Å². The predicted molar refractivity (Wildman–Crippen MR) is 137 cm³/mol. The molecule has 4 rings (SSSR count). The number of anilines is 1. The lowest BCUT2D eigenvalue weighted by atomic mass is 9.84. The topological polar surface area (TPSA) is 63.7 Å². The molecular weight excluding hydrogens is 438 g/mol. The molecule has 0 saturated heterocycles. The highest BCUT2D eigenvalue weighted by molar-refractivity contribution is 6.35. The van der Waals surface area contributed by atoms with Crippen LogP contribution in [0.1, 0.15) is 85.2 Å². The summed E-state index contributed by atoms with van der Waals surface area (Å²) in [4.78, 5) is 40.3. The van der Waals surface area contributed by atoms with Gasteiger partial charge in [-0.3, -0.25) is 9.59 Å². The second-order valence-electron chi connectivity index (χ2n) is 10.4. The zero-order valence-corrected chi connectivity index (χ0v) is 21.4. The Hall–Kier alpha value is -3.73. The molecule has 0 N–H and O–H groups in total. The SMILES string of the molecule is Cc1ccc(C)c(N2C(=O)c3ccc(C(=O)OCc4c(C)cc(C(C)(C)C)cc4C)cc3C2=O)c1. The fourth-order valence-corrected chi connectivity index (χ4v) is 4.42. The van der Waals surface area contributed by atoms with Gasteiger partial charge in [-0.05, 0) is 90.8 Å². The first kappa shape index (κ1) is 24.4. The van der Waals surface area contributed by atoms with Gasteiger partial charge in [0.05, 0.1) is 22.4 Å². The van der Waals surface area contributed by atoms with Crippen molar-refractivity contribution in [2.45, 2.75) is 60.5 Å². The summed E-state index contributed by atoms with van der Waals surface area (Å²) < 4.78 is 5.62. The molecular formula is C30H31NO4. The first-order valence-corrected chi connectivity index (χ1v) is 11.8. The van der Waals surface area contributed by atoms with Gasteiger partial charge in [-0.1, -0.05) is 45.0 Å². The Morgan fingerprint density at radius 2 is 1.43 bits per heavy atom. The molecule has 180 valence electrons. The van der Waals surface area contributed by atoms with Gasteiger partial charge < -0.3 is 4.74 Å². The number of ether oxygens (including phenoxy) is 1. The number of imide groups is 1. The number of hydrogen-bond donors (Lipinski definition) is 0. The third-order valence-corrected chi connectivity index (χ3v) is 6.64. The number of nitrogens with zero attached hydrogens (tertiary/aromatic N) is 1. The fraction of sp³-hybridized carbons (Fsp3) is 0.300. The van der Waals surface area contributed by atoms with Crippen molar-refractivity contribution < 1.29 is 19.1 Å². The van der Waals surface area contributed by atoms with Crippen LogP contribution < -0.4 is 4.90 Å². The highest BCUT2D eigenvalue weighted by atomic mass is 16.5. The van der Waals surface area contributed by atoms with Crippen LogP contribution >= 0.6 is 0 Å². The van der Waals surface area contributed by atoms with E-state index in [1.807, 2.05) is 45.9 Å². The maximum Gasteiger partial charge on any atom is 0.338 e. The highest BCUT2D eigenvalue weighted by Crippen LogP contribution is 2.32. The van der Waals surface area contributed by atoms with Gasteiger partial charge in [-0.15, -0.1) is 0 Å². The smallest absolute Gasteiger partial charge is 0.338 e. The van der Waals surface area contributed by atoms with E-state index in [-0.39, 0.29) is 34.6 Å². The molecule has 0 atom stereocenters. The Morgan fingerprint density at radius 3 is 2.06 bits per heavy atom. The molecule has 3 aromatic rings. The van der Waals surface area contributed by atoms with E-state index < -0.39 is 11.9 Å². The van der Waals surface area contributed by atoms with Crippen LogP contribution in [0.2, 0.25) is 0 Å². The van der Waals surface area contributed by atoms with Crippen molar-refractivity contribution in [3.05, 3.63) is 98.6 Å². The molecule has 0 fully saturated rings. The van der Waals surface area contributed by atoms with Crippen molar-refractivity contribution in [3.8, 4) is 0 Å². The molecule has 0 saturated carbocycles. The predicted octanol–water partition coefficient (Wildman–Crippen LogP) is 6.38. The molecule has 1 aliphatic rings. The minimum atomic E-state index is -0.531. The van der Waals surface area contributed by atoms with Crippen molar-refractivity contribution in [2.24, 2.45) is 0 Å². The highest BCUT2D eigenvalue weighted by Gasteiger charge is 2.38. The Morgan fingerprint density at radius 1 is 0.800 bits per heavy atom. The van der Waals surface area contributed by atoms with E-state index in [1.54, 1.807) is 6.07 Å². The van der Waals surface area contributed by atoms with E-state index >= 15 is 0 Å². The van der Waals surface area contributed by atoms with Crippen molar-refractivity contribution >= 4 is 23.5 Å². The third kappa shape index (κ3) is 4.51. The number of amides is 2. The summed E-state index contributed by atoms with van der Waals surface area (Å²) in [5.41, 5.74) is 7.47. The summed E-state index contributed by atoms with van der Waals surface area (Å²) >= 11 is 0. The number of benzene rings is 3. The van der Waals surface area contributed by atoms with Crippen molar-refractivity contribution in [2.75, 3.05) is 4.90 Å². The van der Waals surface area contributed by atoms with Crippen molar-refractivity contribution in [1.29, 1.82) is 0 Å². The molecule has 0 unspecified atom stereocenters. The molecule has 3 aromatic carbocycles. The molecule has 0 aliphatic carbocycles. The number of rotatable bonds is 4. The van der Waals surface area contributed by atoms with Gasteiger partial charge in [0.15, 0.2) is 0 Å². The average Bonchev–Trinajstić information content (AvgIpc) is 3.03. The second-order valence-corrected chi connectivity index (χ2v) is 10.4. The van der Waals surface area contributed by atoms with Crippen LogP contribution in [0.5, 0.6) is 0 Å². The van der Waals surface area contributed by atoms with Crippen molar-refractivity contribution in [3.63, 3.8) is 0 Å². The van der Waals surface area contributed by atoms with Crippen molar-refractivity contribution in [1.82, 2.24) is 0 Å². The molecule has 5 heteroatoms. The molecule has 0 radical (unpaired) electrons. The Labute approximate surface area is 206 Å². The standard InChI is InChI=1S/C30H31NO4/c1-17-8-9-18(2)26(12-17)31-27(32)23-11-10-21(15-24(23)28(31)33)29(34)35-16-25-19(3)13-22(14-20(25)4)30(5,6)7/h8-15H,16H2,1-7H3. The zero-order valence-electron chi connectivity index (χ0n) is 21.4. The fourth-order valence-electron chi connectivity index (χ4n) is 4.42. The molecule has 0 bridgehead atoms. The van der Waals surface area contributed by atoms with Crippen LogP contribution in [0.25, 0.3) is 0 Å². The van der Waals surface area contributed by atoms with Gasteiger partial charge in [0.1, 0.15) is 6.61 Å². The van der Waals surface area contributed by atoms with Crippen LogP contribution in [-0.4, -0.2) is 17.8 Å². The molecule has 2 amide bonds. The molecule has 1 heterocycles. The average molecular weight is 470 g/mol. The van der Waals surface area contributed by atoms with E-state index in [2.05, 4.69) is 32.9 Å². The Bertz CT molecular complexity index is 1350. The van der Waals surface area contributed by atoms with Crippen LogP contribution in [0.15, 0.2) is 48.5 Å². The lowest BCUT2D eigenvalue weighted by molar-refractivity contribution is 0.0471. The zero-order chi connectivity index (χ0) is 25.7. The first-order chi connectivity index (χ1) is 16.4. The minimum absolute atomic E-state index is 0.0317. The Balaban J connectivity index is 1.56. The maximum absolute atomic E-state index is 13.2. The second kappa shape index (κ2) is 8.81. The largest absolute Gasteiger partial charge is 0.457 e. The first-order valence-electron chi connectivity index (χ1n) is 11.8. The number of carbonyl (C=O) groups excluding carboxylic acids is 3. The van der Waals surface area contributed by atoms with E-state index in [0.717, 1.165) is 27.8 Å². The summed E-state index contributed by atoms with van der Waals surface area (Å²) in [6, 6.07) is 14.5. The van der Waals surface area contributed by atoms with Gasteiger partial charge in [-0.2, -0.15) is 0 Å². The summed E-state index contributed by atoms with van der Waals surface area (Å²) in [7, 11) is 0. The number of aryl methyl sites for hydroxylation is 4. The third-order valence-electron chi connectivity index (χ3n) is 6.64.